The largest absolute Gasteiger partial charge is 0.491 e. The molecule has 1 aliphatic heterocycles. The highest BCUT2D eigenvalue weighted by atomic mass is 16.5. The number of hydrogen-bond donors (Lipinski definition) is 1. The highest BCUT2D eigenvalue weighted by Crippen LogP contribution is 2.27. The summed E-state index contributed by atoms with van der Waals surface area (Å²) in [4.78, 5) is 10.8. The van der Waals surface area contributed by atoms with E-state index in [1.165, 1.54) is 5.56 Å². The molecule has 0 saturated heterocycles. The number of anilines is 1. The normalized spacial score (nSPS) is 15.8. The summed E-state index contributed by atoms with van der Waals surface area (Å²) >= 11 is 0. The average molecular weight is 380 g/mol. The molecule has 148 valence electrons. The minimum atomic E-state index is -0.773. The first-order valence-corrected chi connectivity index (χ1v) is 9.84. The minimum absolute atomic E-state index is 0.145. The third-order valence-electron chi connectivity index (χ3n) is 5.43. The maximum absolute atomic E-state index is 10.8. The van der Waals surface area contributed by atoms with Gasteiger partial charge < -0.3 is 9.84 Å². The van der Waals surface area contributed by atoms with Gasteiger partial charge in [0.1, 0.15) is 12.4 Å². The van der Waals surface area contributed by atoms with Gasteiger partial charge in [0, 0.05) is 19.1 Å². The fraction of sp³-hybridized carbons (Fsp3) is 0.391. The number of aliphatic carboxylic acids is 1. The molecular weight excluding hydrogens is 352 g/mol. The number of ether oxygens (including phenoxy) is 1. The first-order valence-electron chi connectivity index (χ1n) is 9.84. The van der Waals surface area contributed by atoms with Gasteiger partial charge in [-0.2, -0.15) is 5.10 Å². The Bertz CT molecular complexity index is 859. The van der Waals surface area contributed by atoms with Gasteiger partial charge in [0.25, 0.3) is 0 Å². The summed E-state index contributed by atoms with van der Waals surface area (Å²) in [5.74, 6) is 0.0791. The first-order chi connectivity index (χ1) is 13.5. The van der Waals surface area contributed by atoms with Crippen molar-refractivity contribution in [3.8, 4) is 5.75 Å². The van der Waals surface area contributed by atoms with Crippen LogP contribution < -0.4 is 9.75 Å². The van der Waals surface area contributed by atoms with Gasteiger partial charge in [0.05, 0.1) is 11.7 Å². The van der Waals surface area contributed by atoms with Crippen LogP contribution in [0.4, 0.5) is 5.69 Å². The second kappa shape index (κ2) is 8.91. The molecule has 1 unspecified atom stereocenters. The fourth-order valence-corrected chi connectivity index (χ4v) is 3.46. The van der Waals surface area contributed by atoms with Gasteiger partial charge in [-0.15, -0.1) is 0 Å². The molecular formula is C23H28N2O3. The molecule has 0 spiro atoms. The standard InChI is InChI=1S/C23H28N2O3/c1-4-18-5-9-20(10-6-18)25-21(13-14-24-25)15-28-22-11-7-19(8-12-23(26)27)16(2)17(22)3/h5-7,9-11,14,21H,4,8,12-13,15H2,1-3H3,(H,26,27). The number of carbonyl (C=O) groups is 1. The molecule has 2 aromatic carbocycles. The van der Waals surface area contributed by atoms with Crippen molar-refractivity contribution in [1.82, 2.24) is 0 Å². The molecule has 1 aliphatic rings. The number of hydrogen-bond acceptors (Lipinski definition) is 4. The van der Waals surface area contributed by atoms with Crippen molar-refractivity contribution in [3.05, 3.63) is 58.7 Å². The molecule has 3 rings (SSSR count). The molecule has 0 fully saturated rings. The van der Waals surface area contributed by atoms with Crippen molar-refractivity contribution < 1.29 is 14.6 Å². The third-order valence-corrected chi connectivity index (χ3v) is 5.43. The smallest absolute Gasteiger partial charge is 0.303 e. The molecule has 5 heteroatoms. The SMILES string of the molecule is CCc1ccc(N2N=CCC2COc2ccc(CCC(=O)O)c(C)c2C)cc1. The fourth-order valence-electron chi connectivity index (χ4n) is 3.46. The van der Waals surface area contributed by atoms with E-state index >= 15 is 0 Å². The maximum atomic E-state index is 10.8. The second-order valence-electron chi connectivity index (χ2n) is 7.23. The van der Waals surface area contributed by atoms with E-state index in [2.05, 4.69) is 36.3 Å². The summed E-state index contributed by atoms with van der Waals surface area (Å²) in [6.45, 7) is 6.75. The minimum Gasteiger partial charge on any atom is -0.491 e. The van der Waals surface area contributed by atoms with Crippen LogP contribution in [0.2, 0.25) is 0 Å². The summed E-state index contributed by atoms with van der Waals surface area (Å²) in [6, 6.07) is 12.6. The Kier molecular flexibility index (Phi) is 6.34. The molecule has 0 radical (unpaired) electrons. The van der Waals surface area contributed by atoms with E-state index < -0.39 is 5.97 Å². The first kappa shape index (κ1) is 19.9. The van der Waals surface area contributed by atoms with Crippen LogP contribution >= 0.6 is 0 Å². The number of carboxylic acid groups (broad SMARTS) is 1. The van der Waals surface area contributed by atoms with Gasteiger partial charge in [0.15, 0.2) is 0 Å². The Morgan fingerprint density at radius 1 is 1.18 bits per heavy atom. The van der Waals surface area contributed by atoms with Gasteiger partial charge in [-0.3, -0.25) is 9.80 Å². The summed E-state index contributed by atoms with van der Waals surface area (Å²) in [7, 11) is 0. The predicted octanol–water partition coefficient (Wildman–Crippen LogP) is 4.53. The lowest BCUT2D eigenvalue weighted by Crippen LogP contribution is -2.32. The lowest BCUT2D eigenvalue weighted by atomic mass is 9.99. The van der Waals surface area contributed by atoms with Crippen molar-refractivity contribution >= 4 is 17.9 Å². The van der Waals surface area contributed by atoms with Crippen LogP contribution in [0.1, 0.15) is 42.0 Å². The predicted molar refractivity (Wildman–Crippen MR) is 113 cm³/mol. The topological polar surface area (TPSA) is 62.1 Å². The zero-order valence-electron chi connectivity index (χ0n) is 16.8. The second-order valence-corrected chi connectivity index (χ2v) is 7.23. The average Bonchev–Trinajstić information content (AvgIpc) is 3.17. The number of aryl methyl sites for hydroxylation is 2. The molecule has 1 N–H and O–H groups in total. The highest BCUT2D eigenvalue weighted by Gasteiger charge is 2.23. The maximum Gasteiger partial charge on any atom is 0.303 e. The molecule has 28 heavy (non-hydrogen) atoms. The quantitative estimate of drug-likeness (QED) is 0.731. The van der Waals surface area contributed by atoms with Gasteiger partial charge >= 0.3 is 5.97 Å². The number of hydrazone groups is 1. The van der Waals surface area contributed by atoms with Crippen LogP contribution in [0.3, 0.4) is 0 Å². The van der Waals surface area contributed by atoms with Crippen LogP contribution in [0.15, 0.2) is 41.5 Å². The molecule has 1 heterocycles. The van der Waals surface area contributed by atoms with Crippen LogP contribution in [0, 0.1) is 13.8 Å². The van der Waals surface area contributed by atoms with Gasteiger partial charge in [-0.05, 0) is 67.1 Å². The zero-order valence-corrected chi connectivity index (χ0v) is 16.8. The third kappa shape index (κ3) is 4.53. The van der Waals surface area contributed by atoms with Gasteiger partial charge in [0.2, 0.25) is 0 Å². The number of benzene rings is 2. The summed E-state index contributed by atoms with van der Waals surface area (Å²) in [5, 5.41) is 15.5. The van der Waals surface area contributed by atoms with Crippen LogP contribution in [-0.2, 0) is 17.6 Å². The van der Waals surface area contributed by atoms with Crippen molar-refractivity contribution in [2.24, 2.45) is 5.10 Å². The van der Waals surface area contributed by atoms with Crippen LogP contribution in [0.5, 0.6) is 5.75 Å². The molecule has 2 aromatic rings. The number of nitrogens with zero attached hydrogens (tertiary/aromatic N) is 2. The Morgan fingerprint density at radius 2 is 1.93 bits per heavy atom. The molecule has 0 bridgehead atoms. The number of carboxylic acids is 1. The van der Waals surface area contributed by atoms with E-state index in [9.17, 15) is 4.79 Å². The van der Waals surface area contributed by atoms with Crippen molar-refractivity contribution in [2.45, 2.75) is 52.5 Å². The van der Waals surface area contributed by atoms with Crippen molar-refractivity contribution in [3.63, 3.8) is 0 Å². The molecule has 1 atom stereocenters. The van der Waals surface area contributed by atoms with E-state index in [4.69, 9.17) is 9.84 Å². The molecule has 0 saturated carbocycles. The lowest BCUT2D eigenvalue weighted by Gasteiger charge is -2.25. The van der Waals surface area contributed by atoms with E-state index in [0.29, 0.717) is 13.0 Å². The Morgan fingerprint density at radius 3 is 2.61 bits per heavy atom. The summed E-state index contributed by atoms with van der Waals surface area (Å²) in [5.41, 5.74) is 5.63. The molecule has 5 nitrogen and oxygen atoms in total. The van der Waals surface area contributed by atoms with E-state index in [1.54, 1.807) is 0 Å². The van der Waals surface area contributed by atoms with Crippen molar-refractivity contribution in [1.29, 1.82) is 0 Å². The number of rotatable bonds is 8. The lowest BCUT2D eigenvalue weighted by molar-refractivity contribution is -0.136. The summed E-state index contributed by atoms with van der Waals surface area (Å²) in [6.07, 6.45) is 4.50. The van der Waals surface area contributed by atoms with E-state index in [1.807, 2.05) is 37.2 Å². The van der Waals surface area contributed by atoms with E-state index in [0.717, 1.165) is 41.0 Å². The van der Waals surface area contributed by atoms with Crippen molar-refractivity contribution in [2.75, 3.05) is 11.6 Å². The van der Waals surface area contributed by atoms with Crippen LogP contribution in [0.25, 0.3) is 0 Å². The molecule has 0 aliphatic carbocycles. The van der Waals surface area contributed by atoms with Crippen LogP contribution in [-0.4, -0.2) is 29.9 Å². The summed E-state index contributed by atoms with van der Waals surface area (Å²) < 4.78 is 6.14. The highest BCUT2D eigenvalue weighted by molar-refractivity contribution is 5.67. The Balaban J connectivity index is 1.66. The molecule has 0 aromatic heterocycles. The zero-order chi connectivity index (χ0) is 20.1. The van der Waals surface area contributed by atoms with E-state index in [-0.39, 0.29) is 12.5 Å². The Labute approximate surface area is 166 Å². The molecule has 0 amide bonds. The van der Waals surface area contributed by atoms with Gasteiger partial charge in [-0.1, -0.05) is 25.1 Å². The Hall–Kier alpha value is -2.82. The monoisotopic (exact) mass is 380 g/mol. The van der Waals surface area contributed by atoms with Gasteiger partial charge in [-0.25, -0.2) is 0 Å².